The molecule has 4 nitrogen and oxygen atoms in total. The van der Waals surface area contributed by atoms with Crippen LogP contribution in [0.4, 0.5) is 5.82 Å². The molecule has 0 aliphatic heterocycles. The number of hydrogen-bond acceptors (Lipinski definition) is 4. The maximum absolute atomic E-state index is 8.99. The van der Waals surface area contributed by atoms with Crippen LogP contribution >= 0.6 is 0 Å². The summed E-state index contributed by atoms with van der Waals surface area (Å²) in [5, 5.41) is 8.99. The molecule has 0 saturated heterocycles. The number of nitriles is 1. The van der Waals surface area contributed by atoms with E-state index < -0.39 is 0 Å². The van der Waals surface area contributed by atoms with Crippen LogP contribution in [0, 0.1) is 30.1 Å². The number of nitrogens with zero attached hydrogens (tertiary/aromatic N) is 3. The fourth-order valence-corrected chi connectivity index (χ4v) is 2.98. The maximum Gasteiger partial charge on any atom is 0.145 e. The van der Waals surface area contributed by atoms with Crippen LogP contribution in [0.2, 0.25) is 0 Å². The van der Waals surface area contributed by atoms with Gasteiger partial charge in [-0.2, -0.15) is 5.26 Å². The Labute approximate surface area is 115 Å². The number of aryl methyl sites for hydroxylation is 1. The molecule has 1 aliphatic carbocycles. The van der Waals surface area contributed by atoms with Gasteiger partial charge in [-0.05, 0) is 44.4 Å². The molecule has 0 bridgehead atoms. The first-order valence-electron chi connectivity index (χ1n) is 7.07. The fraction of sp³-hybridized carbons (Fsp3) is 0.667. The van der Waals surface area contributed by atoms with Crippen LogP contribution in [0.3, 0.4) is 0 Å². The predicted octanol–water partition coefficient (Wildman–Crippen LogP) is 3.17. The predicted molar refractivity (Wildman–Crippen MR) is 75.4 cm³/mol. The van der Waals surface area contributed by atoms with Crippen LogP contribution in [-0.4, -0.2) is 9.97 Å². The lowest BCUT2D eigenvalue weighted by atomic mass is 9.76. The zero-order chi connectivity index (χ0) is 14.0. The molecule has 19 heavy (non-hydrogen) atoms. The molecule has 0 amide bonds. The number of hydrogen-bond donors (Lipinski definition) is 1. The molecule has 0 aromatic carbocycles. The van der Waals surface area contributed by atoms with Gasteiger partial charge in [-0.1, -0.05) is 13.8 Å². The monoisotopic (exact) mass is 258 g/mol. The van der Waals surface area contributed by atoms with Crippen molar-refractivity contribution in [3.63, 3.8) is 0 Å². The second-order valence-corrected chi connectivity index (χ2v) is 5.89. The minimum absolute atomic E-state index is 0.330. The lowest BCUT2D eigenvalue weighted by Crippen LogP contribution is -2.19. The molecule has 1 fully saturated rings. The van der Waals surface area contributed by atoms with Crippen molar-refractivity contribution in [2.45, 2.75) is 52.4 Å². The summed E-state index contributed by atoms with van der Waals surface area (Å²) in [7, 11) is 0. The molecule has 0 unspecified atom stereocenters. The Balaban J connectivity index is 2.15. The van der Waals surface area contributed by atoms with Crippen LogP contribution in [0.25, 0.3) is 0 Å². The molecular weight excluding hydrogens is 236 g/mol. The van der Waals surface area contributed by atoms with Crippen molar-refractivity contribution in [3.05, 3.63) is 17.1 Å². The van der Waals surface area contributed by atoms with Crippen molar-refractivity contribution >= 4 is 5.82 Å². The highest BCUT2D eigenvalue weighted by Crippen LogP contribution is 2.37. The van der Waals surface area contributed by atoms with E-state index in [2.05, 4.69) is 29.9 Å². The minimum Gasteiger partial charge on any atom is -0.382 e. The molecule has 0 atom stereocenters. The van der Waals surface area contributed by atoms with E-state index in [1.54, 1.807) is 0 Å². The van der Waals surface area contributed by atoms with E-state index in [0.717, 1.165) is 30.5 Å². The highest BCUT2D eigenvalue weighted by atomic mass is 15.0. The highest BCUT2D eigenvalue weighted by molar-refractivity contribution is 5.50. The Kier molecular flexibility index (Phi) is 4.04. The van der Waals surface area contributed by atoms with Gasteiger partial charge >= 0.3 is 0 Å². The van der Waals surface area contributed by atoms with Crippen molar-refractivity contribution in [2.24, 2.45) is 11.8 Å². The molecule has 102 valence electrons. The van der Waals surface area contributed by atoms with Crippen molar-refractivity contribution in [1.82, 2.24) is 9.97 Å². The second kappa shape index (κ2) is 5.56. The molecule has 1 heterocycles. The molecule has 1 aromatic heterocycles. The lowest BCUT2D eigenvalue weighted by Gasteiger charge is -2.30. The van der Waals surface area contributed by atoms with E-state index in [1.165, 1.54) is 12.8 Å². The van der Waals surface area contributed by atoms with Crippen molar-refractivity contribution in [3.8, 4) is 6.07 Å². The Morgan fingerprint density at radius 3 is 2.32 bits per heavy atom. The van der Waals surface area contributed by atoms with E-state index in [1.807, 2.05) is 6.92 Å². The van der Waals surface area contributed by atoms with E-state index in [-0.39, 0.29) is 0 Å². The van der Waals surface area contributed by atoms with Crippen LogP contribution in [0.15, 0.2) is 0 Å². The van der Waals surface area contributed by atoms with E-state index in [4.69, 9.17) is 11.0 Å². The van der Waals surface area contributed by atoms with Gasteiger partial charge < -0.3 is 5.73 Å². The van der Waals surface area contributed by atoms with Crippen molar-refractivity contribution in [2.75, 3.05) is 5.73 Å². The molecule has 1 saturated carbocycles. The largest absolute Gasteiger partial charge is 0.382 e. The summed E-state index contributed by atoms with van der Waals surface area (Å²) < 4.78 is 0. The zero-order valence-electron chi connectivity index (χ0n) is 12.0. The van der Waals surface area contributed by atoms with Gasteiger partial charge in [0.2, 0.25) is 0 Å². The van der Waals surface area contributed by atoms with Crippen LogP contribution in [0.5, 0.6) is 0 Å². The van der Waals surface area contributed by atoms with E-state index in [0.29, 0.717) is 23.0 Å². The van der Waals surface area contributed by atoms with E-state index in [9.17, 15) is 0 Å². The second-order valence-electron chi connectivity index (χ2n) is 5.89. The first-order chi connectivity index (χ1) is 9.02. The van der Waals surface area contributed by atoms with Gasteiger partial charge in [0.1, 0.15) is 23.3 Å². The van der Waals surface area contributed by atoms with Gasteiger partial charge in [-0.15, -0.1) is 0 Å². The molecule has 0 radical (unpaired) electrons. The third kappa shape index (κ3) is 2.86. The summed E-state index contributed by atoms with van der Waals surface area (Å²) >= 11 is 0. The first-order valence-corrected chi connectivity index (χ1v) is 7.07. The summed E-state index contributed by atoms with van der Waals surface area (Å²) in [6.07, 6.45) is 4.75. The SMILES string of the molecule is Cc1nc(C2CCC(C(C)C)CC2)nc(N)c1C#N. The average Bonchev–Trinajstić information content (AvgIpc) is 2.38. The van der Waals surface area contributed by atoms with Gasteiger partial charge in [-0.3, -0.25) is 0 Å². The fourth-order valence-electron chi connectivity index (χ4n) is 2.98. The highest BCUT2D eigenvalue weighted by Gasteiger charge is 2.26. The molecule has 2 N–H and O–H groups in total. The number of aromatic nitrogens is 2. The third-order valence-corrected chi connectivity index (χ3v) is 4.33. The third-order valence-electron chi connectivity index (χ3n) is 4.33. The standard InChI is InChI=1S/C15H22N4/c1-9(2)11-4-6-12(7-5-11)15-18-10(3)13(8-16)14(17)19-15/h9,11-12H,4-7H2,1-3H3,(H2,17,18,19). The van der Waals surface area contributed by atoms with Crippen molar-refractivity contribution < 1.29 is 0 Å². The normalized spacial score (nSPS) is 23.3. The Hall–Kier alpha value is -1.63. The maximum atomic E-state index is 8.99. The number of anilines is 1. The quantitative estimate of drug-likeness (QED) is 0.884. The van der Waals surface area contributed by atoms with Gasteiger partial charge in [-0.25, -0.2) is 9.97 Å². The molecule has 0 spiro atoms. The average molecular weight is 258 g/mol. The summed E-state index contributed by atoms with van der Waals surface area (Å²) in [5.74, 6) is 3.15. The number of nitrogen functional groups attached to an aromatic ring is 1. The summed E-state index contributed by atoms with van der Waals surface area (Å²) in [4.78, 5) is 8.83. The summed E-state index contributed by atoms with van der Waals surface area (Å²) in [6, 6.07) is 2.07. The summed E-state index contributed by atoms with van der Waals surface area (Å²) in [5.41, 5.74) is 6.96. The Morgan fingerprint density at radius 1 is 1.21 bits per heavy atom. The van der Waals surface area contributed by atoms with Gasteiger partial charge in [0.15, 0.2) is 0 Å². The topological polar surface area (TPSA) is 75.6 Å². The molecular formula is C15H22N4. The Bertz CT molecular complexity index is 470. The van der Waals surface area contributed by atoms with Crippen molar-refractivity contribution in [1.29, 1.82) is 5.26 Å². The van der Waals surface area contributed by atoms with Gasteiger partial charge in [0.25, 0.3) is 0 Å². The summed E-state index contributed by atoms with van der Waals surface area (Å²) in [6.45, 7) is 6.43. The molecule has 4 heteroatoms. The van der Waals surface area contributed by atoms with E-state index >= 15 is 0 Å². The minimum atomic E-state index is 0.330. The smallest absolute Gasteiger partial charge is 0.145 e. The molecule has 2 rings (SSSR count). The van der Waals surface area contributed by atoms with Gasteiger partial charge in [0, 0.05) is 5.92 Å². The molecule has 1 aromatic rings. The first kappa shape index (κ1) is 13.8. The van der Waals surface area contributed by atoms with Gasteiger partial charge in [0.05, 0.1) is 5.69 Å². The Morgan fingerprint density at radius 2 is 1.84 bits per heavy atom. The zero-order valence-corrected chi connectivity index (χ0v) is 12.0. The van der Waals surface area contributed by atoms with Crippen LogP contribution in [-0.2, 0) is 0 Å². The van der Waals surface area contributed by atoms with Crippen LogP contribution in [0.1, 0.15) is 62.5 Å². The number of nitrogens with two attached hydrogens (primary N) is 1. The number of rotatable bonds is 2. The lowest BCUT2D eigenvalue weighted by molar-refractivity contribution is 0.254. The van der Waals surface area contributed by atoms with Crippen LogP contribution < -0.4 is 5.73 Å². The molecule has 1 aliphatic rings.